The van der Waals surface area contributed by atoms with Gasteiger partial charge in [0.25, 0.3) is 0 Å². The van der Waals surface area contributed by atoms with Crippen molar-refractivity contribution in [3.05, 3.63) is 35.9 Å². The summed E-state index contributed by atoms with van der Waals surface area (Å²) in [5, 5.41) is 8.98. The summed E-state index contributed by atoms with van der Waals surface area (Å²) in [5.41, 5.74) is 0.947. The molecule has 1 aromatic carbocycles. The van der Waals surface area contributed by atoms with E-state index in [0.717, 1.165) is 24.9 Å². The van der Waals surface area contributed by atoms with Crippen LogP contribution in [0.15, 0.2) is 30.3 Å². The molecule has 6 heteroatoms. The molecular formula is C16H24ClN3O2. The van der Waals surface area contributed by atoms with E-state index >= 15 is 0 Å². The third-order valence-corrected chi connectivity index (χ3v) is 3.64. The van der Waals surface area contributed by atoms with E-state index in [-0.39, 0.29) is 36.8 Å². The summed E-state index contributed by atoms with van der Waals surface area (Å²) in [7, 11) is 0. The number of carbonyl (C=O) groups is 2. The zero-order valence-corrected chi connectivity index (χ0v) is 13.6. The zero-order chi connectivity index (χ0) is 15.1. The fraction of sp³-hybridized carbons (Fsp3) is 0.500. The molecule has 0 radical (unpaired) electrons. The Labute approximate surface area is 137 Å². The quantitative estimate of drug-likeness (QED) is 0.757. The highest BCUT2D eigenvalue weighted by Gasteiger charge is 2.19. The molecule has 22 heavy (non-hydrogen) atoms. The minimum atomic E-state index is -0.130. The maximum Gasteiger partial charge on any atom is 0.239 e. The van der Waals surface area contributed by atoms with Crippen molar-refractivity contribution >= 4 is 24.2 Å². The first-order valence-corrected chi connectivity index (χ1v) is 7.47. The van der Waals surface area contributed by atoms with E-state index < -0.39 is 0 Å². The summed E-state index contributed by atoms with van der Waals surface area (Å²) in [4.78, 5) is 23.6. The molecule has 3 N–H and O–H groups in total. The van der Waals surface area contributed by atoms with E-state index in [9.17, 15) is 9.59 Å². The van der Waals surface area contributed by atoms with Gasteiger partial charge in [0.1, 0.15) is 0 Å². The average Bonchev–Trinajstić information content (AvgIpc) is 2.46. The molecule has 2 amide bonds. The van der Waals surface area contributed by atoms with E-state index in [4.69, 9.17) is 0 Å². The Balaban J connectivity index is 0.00000242. The number of halogens is 1. The van der Waals surface area contributed by atoms with Crippen LogP contribution >= 0.6 is 12.4 Å². The first kappa shape index (κ1) is 18.5. The van der Waals surface area contributed by atoms with Gasteiger partial charge in [0.15, 0.2) is 0 Å². The van der Waals surface area contributed by atoms with Gasteiger partial charge in [0, 0.05) is 12.1 Å². The van der Waals surface area contributed by atoms with Crippen LogP contribution in [0.5, 0.6) is 0 Å². The Morgan fingerprint density at radius 2 is 1.95 bits per heavy atom. The molecule has 2 atom stereocenters. The fourth-order valence-corrected chi connectivity index (χ4v) is 2.56. The van der Waals surface area contributed by atoms with E-state index in [1.807, 2.05) is 30.3 Å². The van der Waals surface area contributed by atoms with Gasteiger partial charge in [-0.2, -0.15) is 0 Å². The van der Waals surface area contributed by atoms with E-state index in [2.05, 4.69) is 22.9 Å². The van der Waals surface area contributed by atoms with Gasteiger partial charge in [-0.15, -0.1) is 12.4 Å². The predicted octanol–water partition coefficient (Wildman–Crippen LogP) is 1.02. The van der Waals surface area contributed by atoms with Crippen molar-refractivity contribution in [3.8, 4) is 0 Å². The highest BCUT2D eigenvalue weighted by molar-refractivity contribution is 5.86. The molecular weight excluding hydrogens is 302 g/mol. The molecule has 1 aliphatic rings. The molecule has 0 saturated carbocycles. The Morgan fingerprint density at radius 1 is 1.23 bits per heavy atom. The minimum absolute atomic E-state index is 0. The SMILES string of the molecule is CC1CC(NC(=O)CNC(=O)Cc2ccccc2)CCN1.Cl. The van der Waals surface area contributed by atoms with Gasteiger partial charge in [-0.05, 0) is 31.9 Å². The van der Waals surface area contributed by atoms with E-state index in [0.29, 0.717) is 12.5 Å². The summed E-state index contributed by atoms with van der Waals surface area (Å²) in [6.45, 7) is 3.08. The normalized spacial score (nSPS) is 20.6. The van der Waals surface area contributed by atoms with Crippen LogP contribution in [0.25, 0.3) is 0 Å². The number of rotatable bonds is 5. The number of amides is 2. The lowest BCUT2D eigenvalue weighted by molar-refractivity contribution is -0.126. The standard InChI is InChI=1S/C16H23N3O2.ClH/c1-12-9-14(7-8-17-12)19-16(21)11-18-15(20)10-13-5-3-2-4-6-13;/h2-6,12,14,17H,7-11H2,1H3,(H,18,20)(H,19,21);1H. The summed E-state index contributed by atoms with van der Waals surface area (Å²) in [5.74, 6) is -0.245. The van der Waals surface area contributed by atoms with Crippen LogP contribution in [0.1, 0.15) is 25.3 Å². The van der Waals surface area contributed by atoms with Crippen LogP contribution in [0.3, 0.4) is 0 Å². The highest BCUT2D eigenvalue weighted by Crippen LogP contribution is 2.07. The molecule has 2 rings (SSSR count). The molecule has 0 aromatic heterocycles. The van der Waals surface area contributed by atoms with Gasteiger partial charge in [0.05, 0.1) is 13.0 Å². The van der Waals surface area contributed by atoms with Crippen LogP contribution in [0.4, 0.5) is 0 Å². The number of nitrogens with one attached hydrogen (secondary N) is 3. The van der Waals surface area contributed by atoms with Gasteiger partial charge in [-0.25, -0.2) is 0 Å². The van der Waals surface area contributed by atoms with Gasteiger partial charge in [0.2, 0.25) is 11.8 Å². The molecule has 1 fully saturated rings. The van der Waals surface area contributed by atoms with Crippen molar-refractivity contribution in [2.24, 2.45) is 0 Å². The largest absolute Gasteiger partial charge is 0.352 e. The van der Waals surface area contributed by atoms with Crippen molar-refractivity contribution in [1.82, 2.24) is 16.0 Å². The third kappa shape index (κ3) is 6.45. The summed E-state index contributed by atoms with van der Waals surface area (Å²) in [6.07, 6.45) is 2.18. The number of piperidine rings is 1. The maximum absolute atomic E-state index is 11.8. The smallest absolute Gasteiger partial charge is 0.239 e. The predicted molar refractivity (Wildman–Crippen MR) is 89.0 cm³/mol. The second kappa shape index (κ2) is 9.43. The molecule has 1 saturated heterocycles. The van der Waals surface area contributed by atoms with E-state index in [1.54, 1.807) is 0 Å². The summed E-state index contributed by atoms with van der Waals surface area (Å²) < 4.78 is 0. The zero-order valence-electron chi connectivity index (χ0n) is 12.8. The molecule has 1 aromatic rings. The highest BCUT2D eigenvalue weighted by atomic mass is 35.5. The van der Waals surface area contributed by atoms with E-state index in [1.165, 1.54) is 0 Å². The lowest BCUT2D eigenvalue weighted by Crippen LogP contribution is -2.49. The van der Waals surface area contributed by atoms with Gasteiger partial charge >= 0.3 is 0 Å². The van der Waals surface area contributed by atoms with Crippen molar-refractivity contribution in [2.45, 2.75) is 38.3 Å². The molecule has 0 spiro atoms. The minimum Gasteiger partial charge on any atom is -0.352 e. The molecule has 0 aliphatic carbocycles. The Kier molecular flexibility index (Phi) is 7.91. The average molecular weight is 326 g/mol. The maximum atomic E-state index is 11.8. The van der Waals surface area contributed by atoms with Crippen LogP contribution in [0.2, 0.25) is 0 Å². The first-order valence-electron chi connectivity index (χ1n) is 7.47. The van der Waals surface area contributed by atoms with Gasteiger partial charge in [-0.1, -0.05) is 30.3 Å². The number of benzene rings is 1. The van der Waals surface area contributed by atoms with Gasteiger partial charge < -0.3 is 16.0 Å². The molecule has 1 aliphatic heterocycles. The van der Waals surface area contributed by atoms with Crippen LogP contribution in [-0.4, -0.2) is 37.0 Å². The van der Waals surface area contributed by atoms with Crippen LogP contribution in [-0.2, 0) is 16.0 Å². The van der Waals surface area contributed by atoms with Crippen LogP contribution in [0, 0.1) is 0 Å². The van der Waals surface area contributed by atoms with Crippen molar-refractivity contribution in [2.75, 3.05) is 13.1 Å². The Morgan fingerprint density at radius 3 is 2.64 bits per heavy atom. The van der Waals surface area contributed by atoms with Crippen molar-refractivity contribution in [1.29, 1.82) is 0 Å². The monoisotopic (exact) mass is 325 g/mol. The third-order valence-electron chi connectivity index (χ3n) is 3.64. The van der Waals surface area contributed by atoms with Crippen molar-refractivity contribution in [3.63, 3.8) is 0 Å². The lowest BCUT2D eigenvalue weighted by Gasteiger charge is -2.28. The fourth-order valence-electron chi connectivity index (χ4n) is 2.56. The number of hydrogen-bond donors (Lipinski definition) is 3. The molecule has 122 valence electrons. The molecule has 5 nitrogen and oxygen atoms in total. The molecule has 0 bridgehead atoms. The second-order valence-electron chi connectivity index (χ2n) is 5.58. The first-order chi connectivity index (χ1) is 10.1. The molecule has 1 heterocycles. The molecule has 2 unspecified atom stereocenters. The summed E-state index contributed by atoms with van der Waals surface area (Å²) >= 11 is 0. The Hall–Kier alpha value is -1.59. The summed E-state index contributed by atoms with van der Waals surface area (Å²) in [6, 6.07) is 10.1. The van der Waals surface area contributed by atoms with Gasteiger partial charge in [-0.3, -0.25) is 9.59 Å². The van der Waals surface area contributed by atoms with Crippen molar-refractivity contribution < 1.29 is 9.59 Å². The topological polar surface area (TPSA) is 70.2 Å². The Bertz CT molecular complexity index is 482. The second-order valence-corrected chi connectivity index (χ2v) is 5.58. The number of carbonyl (C=O) groups excluding carboxylic acids is 2. The lowest BCUT2D eigenvalue weighted by atomic mass is 10.0. The number of hydrogen-bond acceptors (Lipinski definition) is 3. The van der Waals surface area contributed by atoms with Crippen LogP contribution < -0.4 is 16.0 Å².